The normalized spacial score (nSPS) is 20.0. The maximum atomic E-state index is 11.2. The molecule has 2 aromatic carbocycles. The van der Waals surface area contributed by atoms with Crippen molar-refractivity contribution in [2.45, 2.75) is 63.3 Å². The second-order valence-corrected chi connectivity index (χ2v) is 15.5. The topological polar surface area (TPSA) is 64.3 Å². The molecule has 0 spiro atoms. The third kappa shape index (κ3) is 7.02. The van der Waals surface area contributed by atoms with Crippen molar-refractivity contribution in [1.82, 2.24) is 0 Å². The van der Waals surface area contributed by atoms with Crippen LogP contribution in [-0.4, -0.2) is 30.6 Å². The number of para-hydroxylation sites is 1. The standard InChI is InChI=1S/C31H35ClN2O3S3/c1-4-33-26-19-24(32)13-14-28(26)39-30(33)18-23-17-22(20-31(2,3)21-23)9-7-12-29-34(15-8-16-40(35,36)37)25-10-5-6-11-27(25)38-29/h5-7,9-11,13-14,17-19,29H,4,8,12,15-16,20-21H2,1-3H3. The summed E-state index contributed by atoms with van der Waals surface area (Å²) in [5, 5.41) is 2.17. The molecule has 2 heterocycles. The molecule has 0 bridgehead atoms. The van der Waals surface area contributed by atoms with Crippen molar-refractivity contribution in [2.24, 2.45) is 5.41 Å². The number of anilines is 1. The number of benzene rings is 2. The molecule has 1 aromatic heterocycles. The van der Waals surface area contributed by atoms with E-state index in [1.165, 1.54) is 31.3 Å². The molecular formula is C31H35ClN2O3S3. The molecule has 3 aromatic rings. The number of thioether (sulfide) groups is 1. The van der Waals surface area contributed by atoms with Gasteiger partial charge in [0.15, 0.2) is 0 Å². The summed E-state index contributed by atoms with van der Waals surface area (Å²) >= 11 is 9.90. The van der Waals surface area contributed by atoms with Crippen molar-refractivity contribution in [3.05, 3.63) is 81.9 Å². The van der Waals surface area contributed by atoms with Crippen molar-refractivity contribution >= 4 is 66.8 Å². The smallest absolute Gasteiger partial charge is 0.263 e. The molecule has 0 radical (unpaired) electrons. The molecule has 1 atom stereocenters. The number of hydrogen-bond acceptors (Lipinski definition) is 6. The lowest BCUT2D eigenvalue weighted by Gasteiger charge is -2.30. The molecule has 0 N–H and O–H groups in total. The Kier molecular flexibility index (Phi) is 8.83. The highest BCUT2D eigenvalue weighted by atomic mass is 35.5. The fraction of sp³-hybridized carbons (Fsp3) is 0.387. The van der Waals surface area contributed by atoms with Crippen LogP contribution >= 0.6 is 34.7 Å². The molecule has 2 aliphatic rings. The van der Waals surface area contributed by atoms with Crippen molar-refractivity contribution in [1.29, 1.82) is 0 Å². The molecule has 1 aliphatic heterocycles. The van der Waals surface area contributed by atoms with Gasteiger partial charge in [-0.05, 0) is 73.4 Å². The number of nitrogens with zero attached hydrogens (tertiary/aromatic N) is 2. The molecule has 0 saturated carbocycles. The van der Waals surface area contributed by atoms with E-state index in [2.05, 4.69) is 78.8 Å². The third-order valence-electron chi connectivity index (χ3n) is 7.30. The summed E-state index contributed by atoms with van der Waals surface area (Å²) in [5.41, 5.74) is 5.11. The van der Waals surface area contributed by atoms with Crippen LogP contribution < -0.4 is 9.47 Å². The van der Waals surface area contributed by atoms with Crippen molar-refractivity contribution in [3.63, 3.8) is 0 Å². The lowest BCUT2D eigenvalue weighted by atomic mass is 9.75. The molecule has 0 saturated heterocycles. The number of thiazole rings is 1. The number of allylic oxidation sites excluding steroid dienone is 4. The first-order chi connectivity index (χ1) is 19.0. The Bertz CT molecular complexity index is 1600. The average Bonchev–Trinajstić information content (AvgIpc) is 3.39. The zero-order valence-electron chi connectivity index (χ0n) is 23.1. The Balaban J connectivity index is 1.35. The molecule has 5 rings (SSSR count). The first kappa shape index (κ1) is 29.4. The van der Waals surface area contributed by atoms with E-state index in [0.29, 0.717) is 13.0 Å². The largest absolute Gasteiger partial charge is 0.748 e. The summed E-state index contributed by atoms with van der Waals surface area (Å²) < 4.78 is 37.1. The van der Waals surface area contributed by atoms with E-state index >= 15 is 0 Å². The summed E-state index contributed by atoms with van der Waals surface area (Å²) in [6, 6.07) is 14.3. The lowest BCUT2D eigenvalue weighted by Crippen LogP contribution is -2.33. The summed E-state index contributed by atoms with van der Waals surface area (Å²) in [6.07, 6.45) is 12.4. The Hall–Kier alpha value is -2.10. The zero-order chi connectivity index (χ0) is 28.5. The van der Waals surface area contributed by atoms with Crippen LogP contribution in [0.2, 0.25) is 5.02 Å². The first-order valence-electron chi connectivity index (χ1n) is 13.7. The van der Waals surface area contributed by atoms with Crippen LogP contribution in [0.1, 0.15) is 51.5 Å². The molecule has 1 aliphatic carbocycles. The minimum absolute atomic E-state index is 0.158. The van der Waals surface area contributed by atoms with Crippen LogP contribution in [0.4, 0.5) is 5.69 Å². The van der Waals surface area contributed by atoms with Gasteiger partial charge in [0.2, 0.25) is 5.52 Å². The first-order valence-corrected chi connectivity index (χ1v) is 17.3. The molecule has 40 heavy (non-hydrogen) atoms. The van der Waals surface area contributed by atoms with Gasteiger partial charge in [0.1, 0.15) is 11.2 Å². The van der Waals surface area contributed by atoms with Gasteiger partial charge in [0, 0.05) is 34.4 Å². The minimum Gasteiger partial charge on any atom is -0.748 e. The summed E-state index contributed by atoms with van der Waals surface area (Å²) in [7, 11) is -4.21. The van der Waals surface area contributed by atoms with Crippen LogP contribution in [0.3, 0.4) is 0 Å². The maximum Gasteiger partial charge on any atom is 0.263 e. The van der Waals surface area contributed by atoms with Gasteiger partial charge < -0.3 is 9.45 Å². The summed E-state index contributed by atoms with van der Waals surface area (Å²) in [4.78, 5) is 3.44. The monoisotopic (exact) mass is 614 g/mol. The van der Waals surface area contributed by atoms with Gasteiger partial charge in [-0.1, -0.05) is 78.9 Å². The fourth-order valence-electron chi connectivity index (χ4n) is 5.72. The van der Waals surface area contributed by atoms with Crippen LogP contribution in [0.15, 0.2) is 76.7 Å². The van der Waals surface area contributed by atoms with Crippen LogP contribution in [0, 0.1) is 5.41 Å². The van der Waals surface area contributed by atoms with E-state index in [-0.39, 0.29) is 16.5 Å². The van der Waals surface area contributed by atoms with Crippen LogP contribution in [-0.2, 0) is 16.7 Å². The van der Waals surface area contributed by atoms with E-state index in [9.17, 15) is 13.0 Å². The minimum atomic E-state index is -4.21. The Morgan fingerprint density at radius 3 is 2.77 bits per heavy atom. The van der Waals surface area contributed by atoms with Gasteiger partial charge in [0.25, 0.3) is 5.01 Å². The van der Waals surface area contributed by atoms with Gasteiger partial charge in [-0.2, -0.15) is 4.57 Å². The number of aryl methyl sites for hydroxylation is 1. The Morgan fingerprint density at radius 2 is 2.00 bits per heavy atom. The molecule has 1 unspecified atom stereocenters. The van der Waals surface area contributed by atoms with Gasteiger partial charge in [-0.15, -0.1) is 0 Å². The van der Waals surface area contributed by atoms with Crippen molar-refractivity contribution in [3.8, 4) is 0 Å². The molecular weight excluding hydrogens is 580 g/mol. The molecule has 212 valence electrons. The summed E-state index contributed by atoms with van der Waals surface area (Å²) in [6.45, 7) is 8.26. The molecule has 0 amide bonds. The SMILES string of the molecule is CC[n+]1c(C=C2C=C(C=CCC3Sc4ccccc4N3CCCS(=O)(=O)[O-])CC(C)(C)C2)sc2ccc(Cl)cc21. The molecule has 9 heteroatoms. The van der Waals surface area contributed by atoms with Crippen LogP contribution in [0.25, 0.3) is 16.3 Å². The molecule has 5 nitrogen and oxygen atoms in total. The van der Waals surface area contributed by atoms with Crippen molar-refractivity contribution < 1.29 is 17.5 Å². The van der Waals surface area contributed by atoms with Gasteiger partial charge in [-0.25, -0.2) is 8.42 Å². The van der Waals surface area contributed by atoms with E-state index in [1.807, 2.05) is 18.2 Å². The summed E-state index contributed by atoms with van der Waals surface area (Å²) in [5.74, 6) is -0.332. The third-order valence-corrected chi connectivity index (χ3v) is 10.8. The highest BCUT2D eigenvalue weighted by molar-refractivity contribution is 8.00. The average molecular weight is 615 g/mol. The lowest BCUT2D eigenvalue weighted by molar-refractivity contribution is -0.665. The van der Waals surface area contributed by atoms with Gasteiger partial charge in [0.05, 0.1) is 21.2 Å². The second kappa shape index (κ2) is 12.0. The number of fused-ring (bicyclic) bond motifs is 2. The predicted octanol–water partition coefficient (Wildman–Crippen LogP) is 7.81. The number of aromatic nitrogens is 1. The number of hydrogen-bond donors (Lipinski definition) is 0. The van der Waals surface area contributed by atoms with E-state index in [4.69, 9.17) is 11.6 Å². The Morgan fingerprint density at radius 1 is 1.20 bits per heavy atom. The van der Waals surface area contributed by atoms with E-state index in [1.54, 1.807) is 23.1 Å². The Labute approximate surface area is 251 Å². The van der Waals surface area contributed by atoms with Crippen LogP contribution in [0.5, 0.6) is 0 Å². The van der Waals surface area contributed by atoms with Gasteiger partial charge in [-0.3, -0.25) is 0 Å². The quantitative estimate of drug-likeness (QED) is 0.182. The van der Waals surface area contributed by atoms with Gasteiger partial charge >= 0.3 is 0 Å². The molecule has 0 fully saturated rings. The highest BCUT2D eigenvalue weighted by Crippen LogP contribution is 2.45. The van der Waals surface area contributed by atoms with E-state index in [0.717, 1.165) is 36.5 Å². The zero-order valence-corrected chi connectivity index (χ0v) is 26.3. The highest BCUT2D eigenvalue weighted by Gasteiger charge is 2.29. The number of rotatable bonds is 9. The maximum absolute atomic E-state index is 11.2. The number of halogens is 1. The second-order valence-electron chi connectivity index (χ2n) is 11.2. The fourth-order valence-corrected chi connectivity index (χ4v) is 8.86. The van der Waals surface area contributed by atoms with E-state index < -0.39 is 10.1 Å². The predicted molar refractivity (Wildman–Crippen MR) is 168 cm³/mol. The van der Waals surface area contributed by atoms with Crippen molar-refractivity contribution in [2.75, 3.05) is 17.2 Å².